The van der Waals surface area contributed by atoms with Gasteiger partial charge in [-0.2, -0.15) is 0 Å². The molecule has 7 heteroatoms. The second kappa shape index (κ2) is 4.79. The zero-order chi connectivity index (χ0) is 13.4. The van der Waals surface area contributed by atoms with Gasteiger partial charge < -0.3 is 14.2 Å². The van der Waals surface area contributed by atoms with Crippen LogP contribution in [0.1, 0.15) is 26.2 Å². The number of carbonyl (C=O) groups is 1. The van der Waals surface area contributed by atoms with E-state index in [1.54, 1.807) is 6.92 Å². The minimum absolute atomic E-state index is 0.0822. The Hall–Kier alpha value is -0.660. The molecule has 2 heterocycles. The number of hydrogen-bond donors (Lipinski definition) is 0. The summed E-state index contributed by atoms with van der Waals surface area (Å²) in [5, 5.41) is -0.632. The Balaban J connectivity index is 2.04. The Morgan fingerprint density at radius 1 is 1.50 bits per heavy atom. The standard InChI is InChI=1S/C11H18O6S/c1-11(9-4-3-5-18(9,13)14)16-7-8(17-11)6-10(12)15-2/h8-9H,3-7H2,1-2H3. The SMILES string of the molecule is COC(=O)CC1COC(C)(C2CCCS2(=O)=O)O1. The second-order valence-electron chi connectivity index (χ2n) is 4.84. The van der Waals surface area contributed by atoms with Crippen molar-refractivity contribution in [2.45, 2.75) is 43.3 Å². The van der Waals surface area contributed by atoms with E-state index in [2.05, 4.69) is 4.74 Å². The molecule has 18 heavy (non-hydrogen) atoms. The minimum Gasteiger partial charge on any atom is -0.469 e. The van der Waals surface area contributed by atoms with Crippen molar-refractivity contribution < 1.29 is 27.4 Å². The van der Waals surface area contributed by atoms with E-state index in [-0.39, 0.29) is 24.7 Å². The molecular weight excluding hydrogens is 260 g/mol. The van der Waals surface area contributed by atoms with Crippen LogP contribution in [-0.4, -0.2) is 51.0 Å². The van der Waals surface area contributed by atoms with E-state index in [4.69, 9.17) is 9.47 Å². The van der Waals surface area contributed by atoms with Crippen molar-refractivity contribution >= 4 is 15.8 Å². The molecule has 0 bridgehead atoms. The van der Waals surface area contributed by atoms with Gasteiger partial charge in [0.25, 0.3) is 0 Å². The fraction of sp³-hybridized carbons (Fsp3) is 0.909. The van der Waals surface area contributed by atoms with Crippen LogP contribution in [0.25, 0.3) is 0 Å². The highest BCUT2D eigenvalue weighted by atomic mass is 32.2. The molecule has 2 aliphatic heterocycles. The van der Waals surface area contributed by atoms with Crippen LogP contribution in [0.5, 0.6) is 0 Å². The summed E-state index contributed by atoms with van der Waals surface area (Å²) in [7, 11) is -1.85. The first kappa shape index (κ1) is 13.8. The lowest BCUT2D eigenvalue weighted by molar-refractivity contribution is -0.161. The topological polar surface area (TPSA) is 78.9 Å². The fourth-order valence-corrected chi connectivity index (χ4v) is 4.73. The Labute approximate surface area is 107 Å². The first-order chi connectivity index (χ1) is 8.37. The third-order valence-corrected chi connectivity index (χ3v) is 5.88. The van der Waals surface area contributed by atoms with Crippen molar-refractivity contribution in [2.24, 2.45) is 0 Å². The molecule has 0 aromatic rings. The van der Waals surface area contributed by atoms with Crippen molar-refractivity contribution in [3.8, 4) is 0 Å². The predicted molar refractivity (Wildman–Crippen MR) is 62.7 cm³/mol. The summed E-state index contributed by atoms with van der Waals surface area (Å²) < 4.78 is 39.5. The molecule has 6 nitrogen and oxygen atoms in total. The maximum Gasteiger partial charge on any atom is 0.308 e. The number of rotatable bonds is 3. The average Bonchev–Trinajstić information content (AvgIpc) is 2.83. The van der Waals surface area contributed by atoms with E-state index in [1.807, 2.05) is 0 Å². The van der Waals surface area contributed by atoms with Gasteiger partial charge in [-0.3, -0.25) is 4.79 Å². The number of esters is 1. The summed E-state index contributed by atoms with van der Waals surface area (Å²) in [4.78, 5) is 11.2. The van der Waals surface area contributed by atoms with Gasteiger partial charge in [-0.05, 0) is 19.8 Å². The van der Waals surface area contributed by atoms with Gasteiger partial charge in [0.05, 0.1) is 32.0 Å². The Morgan fingerprint density at radius 2 is 2.22 bits per heavy atom. The van der Waals surface area contributed by atoms with Gasteiger partial charge in [0, 0.05) is 0 Å². The van der Waals surface area contributed by atoms with E-state index in [0.29, 0.717) is 12.8 Å². The number of sulfone groups is 1. The van der Waals surface area contributed by atoms with Crippen LogP contribution in [0.15, 0.2) is 0 Å². The summed E-state index contributed by atoms with van der Waals surface area (Å²) in [5.74, 6) is -1.34. The van der Waals surface area contributed by atoms with Gasteiger partial charge in [0.15, 0.2) is 15.6 Å². The molecule has 2 fully saturated rings. The van der Waals surface area contributed by atoms with Crippen LogP contribution >= 0.6 is 0 Å². The molecule has 0 radical (unpaired) electrons. The number of hydrogen-bond acceptors (Lipinski definition) is 6. The lowest BCUT2D eigenvalue weighted by Crippen LogP contribution is -2.43. The predicted octanol–water partition coefficient (Wildman–Crippen LogP) is 0.258. The maximum absolute atomic E-state index is 11.9. The summed E-state index contributed by atoms with van der Waals surface area (Å²) in [6.07, 6.45) is 0.831. The number of carbonyl (C=O) groups excluding carboxylic acids is 1. The second-order valence-corrected chi connectivity index (χ2v) is 7.15. The van der Waals surface area contributed by atoms with Gasteiger partial charge in [-0.15, -0.1) is 0 Å². The Kier molecular flexibility index (Phi) is 3.66. The monoisotopic (exact) mass is 278 g/mol. The molecule has 0 aromatic carbocycles. The van der Waals surface area contributed by atoms with Gasteiger partial charge in [-0.1, -0.05) is 0 Å². The quantitative estimate of drug-likeness (QED) is 0.689. The number of methoxy groups -OCH3 is 1. The highest BCUT2D eigenvalue weighted by Gasteiger charge is 2.52. The van der Waals surface area contributed by atoms with E-state index < -0.39 is 27.0 Å². The van der Waals surface area contributed by atoms with Crippen LogP contribution in [0.3, 0.4) is 0 Å². The average molecular weight is 278 g/mol. The van der Waals surface area contributed by atoms with Crippen LogP contribution < -0.4 is 0 Å². The van der Waals surface area contributed by atoms with E-state index >= 15 is 0 Å². The summed E-state index contributed by atoms with van der Waals surface area (Å²) in [6, 6.07) is 0. The highest BCUT2D eigenvalue weighted by Crippen LogP contribution is 2.37. The minimum atomic E-state index is -3.15. The third-order valence-electron chi connectivity index (χ3n) is 3.49. The molecule has 3 atom stereocenters. The van der Waals surface area contributed by atoms with E-state index in [1.165, 1.54) is 7.11 Å². The lowest BCUT2D eigenvalue weighted by atomic mass is 10.1. The molecule has 0 spiro atoms. The van der Waals surface area contributed by atoms with Crippen molar-refractivity contribution in [2.75, 3.05) is 19.5 Å². The molecule has 0 aliphatic carbocycles. The van der Waals surface area contributed by atoms with Gasteiger partial charge in [0.1, 0.15) is 5.25 Å². The van der Waals surface area contributed by atoms with Crippen LogP contribution in [0.2, 0.25) is 0 Å². The summed E-state index contributed by atoms with van der Waals surface area (Å²) in [6.45, 7) is 1.86. The van der Waals surface area contributed by atoms with Crippen molar-refractivity contribution in [1.29, 1.82) is 0 Å². The van der Waals surface area contributed by atoms with Crippen LogP contribution in [-0.2, 0) is 28.8 Å². The Morgan fingerprint density at radius 3 is 2.78 bits per heavy atom. The molecule has 0 amide bonds. The highest BCUT2D eigenvalue weighted by molar-refractivity contribution is 7.92. The Bertz CT molecular complexity index is 431. The van der Waals surface area contributed by atoms with E-state index in [0.717, 1.165) is 0 Å². The molecule has 2 saturated heterocycles. The summed E-state index contributed by atoms with van der Waals surface area (Å²) >= 11 is 0. The molecule has 0 saturated carbocycles. The zero-order valence-electron chi connectivity index (χ0n) is 10.5. The first-order valence-electron chi connectivity index (χ1n) is 5.97. The molecule has 0 aromatic heterocycles. The van der Waals surface area contributed by atoms with Gasteiger partial charge in [0.2, 0.25) is 0 Å². The van der Waals surface area contributed by atoms with Crippen LogP contribution in [0.4, 0.5) is 0 Å². The molecule has 0 N–H and O–H groups in total. The van der Waals surface area contributed by atoms with Gasteiger partial charge in [-0.25, -0.2) is 8.42 Å². The normalized spacial score (nSPS) is 38.8. The fourth-order valence-electron chi connectivity index (χ4n) is 2.58. The maximum atomic E-state index is 11.9. The van der Waals surface area contributed by atoms with Gasteiger partial charge >= 0.3 is 5.97 Å². The molecule has 104 valence electrons. The smallest absolute Gasteiger partial charge is 0.308 e. The molecular formula is C11H18O6S. The van der Waals surface area contributed by atoms with E-state index in [9.17, 15) is 13.2 Å². The molecule has 2 aliphatic rings. The third kappa shape index (κ3) is 2.53. The van der Waals surface area contributed by atoms with Crippen molar-refractivity contribution in [3.05, 3.63) is 0 Å². The van der Waals surface area contributed by atoms with Crippen molar-refractivity contribution in [1.82, 2.24) is 0 Å². The van der Waals surface area contributed by atoms with Crippen LogP contribution in [0, 0.1) is 0 Å². The zero-order valence-corrected chi connectivity index (χ0v) is 11.4. The molecule has 2 rings (SSSR count). The molecule has 3 unspecified atom stereocenters. The number of ether oxygens (including phenoxy) is 3. The largest absolute Gasteiger partial charge is 0.469 e. The summed E-state index contributed by atoms with van der Waals surface area (Å²) in [5.41, 5.74) is 0. The lowest BCUT2D eigenvalue weighted by Gasteiger charge is -2.28. The van der Waals surface area contributed by atoms with Crippen molar-refractivity contribution in [3.63, 3.8) is 0 Å². The first-order valence-corrected chi connectivity index (χ1v) is 7.69.